The first kappa shape index (κ1) is 88.9. The topological polar surface area (TPSA) is 496 Å². The molecule has 12 rings (SSSR count). The molecule has 0 aromatic rings. The van der Waals surface area contributed by atoms with Crippen LogP contribution in [0.3, 0.4) is 0 Å². The number of hydrogen-bond donors (Lipinski definition) is 12. The van der Waals surface area contributed by atoms with Crippen molar-refractivity contribution in [2.24, 2.45) is 0 Å². The molecule has 102 heavy (non-hydrogen) atoms. The van der Waals surface area contributed by atoms with Gasteiger partial charge in [-0.3, -0.25) is 8.37 Å². The number of fused-ring (bicyclic) bond motifs is 6. The maximum atomic E-state index is 11.6. The van der Waals surface area contributed by atoms with E-state index in [9.17, 15) is 37.3 Å². The summed E-state index contributed by atoms with van der Waals surface area (Å²) in [6, 6.07) is 0. The van der Waals surface area contributed by atoms with Crippen molar-refractivity contribution in [1.82, 2.24) is 0 Å². The summed E-state index contributed by atoms with van der Waals surface area (Å²) in [5, 5.41) is 112. The molecule has 40 heteroatoms. The van der Waals surface area contributed by atoms with Crippen molar-refractivity contribution in [3.05, 3.63) is 0 Å². The van der Waals surface area contributed by atoms with Crippen LogP contribution in [0.1, 0.15) is 111 Å². The first-order chi connectivity index (χ1) is 46.7. The molecule has 0 bridgehead atoms. The summed E-state index contributed by atoms with van der Waals surface area (Å²) in [4.78, 5) is 0.287. The van der Waals surface area contributed by atoms with Gasteiger partial charge in [-0.2, -0.15) is 16.8 Å². The van der Waals surface area contributed by atoms with Crippen molar-refractivity contribution in [1.29, 1.82) is 0 Å². The molecule has 14 unspecified atom stereocenters. The predicted molar refractivity (Wildman–Crippen MR) is 349 cm³/mol. The SMILES string of the molecule is CC1(C)OCC(O)[C@H]([C@@H]2OC(C)(C)OC2CO)O1.CC1(C)OCC(OS(C)(=O)=O)[C@H]([C@@H]2OC(C)(C)OC2COS(C)(=O)=O)O1.CC1(C)OCC2OC(O)C3OC(C)(C)O[C@H]3[C@@H]2O1.CC1(C)OCC2[Se]C[C@@H]3OC(C)(C)OC3[C@@H]2O1.OCC1OC(O)C(O)[C@@H](O)[C@@H]1O.OCC1[Se]C[C@H](O)C(O)[C@@H]1O. The van der Waals surface area contributed by atoms with Gasteiger partial charge in [0, 0.05) is 0 Å². The molecule has 600 valence electrons. The Balaban J connectivity index is 0.000000175. The minimum absolute atomic E-state index is 0.0345. The van der Waals surface area contributed by atoms with Crippen LogP contribution < -0.4 is 0 Å². The number of hydrogen-bond acceptors (Lipinski definition) is 36. The molecule has 12 aliphatic heterocycles. The van der Waals surface area contributed by atoms with Gasteiger partial charge >= 0.3 is 179 Å². The van der Waals surface area contributed by atoms with Gasteiger partial charge < -0.3 is 107 Å². The molecule has 12 N–H and O–H groups in total. The summed E-state index contributed by atoms with van der Waals surface area (Å²) in [6.07, 6.45) is -16.0. The van der Waals surface area contributed by atoms with Gasteiger partial charge in [-0.1, -0.05) is 0 Å². The standard InChI is InChI=1S/C14H26O10S2.C12H20O6.C12H22O6.C12H20O4Se.C6H12O6.C6H12O4Se/c1-13(2)19-7-10(24-26(6,17)18)12(22-13)11-9(8-20-25(5,15)16)21-14(3,4)23-11;1-11(2)14-5-6-7(16-11)8-9(10(13)15-6)18-12(3,4)17-8;1-11(2)15-6-7(14)9(17-11)10-8(5-13)16-12(3,4)18-10;1-11(2)13-5-8-10(16-11)9-7(6-17-8)14-12(3,4)15-9;7-1-2-3(8)4(9)5(10)6(11)12-2;7-1-4-6(10)5(9)3(8)2-11-4/h9-12H,7-8H2,1-6H3;6-10,13H,5H2,1-4H3;7-10,13-14H,5-6H2,1-4H3;7-10H,5-6H2,1-4H3;2-11H,1H2;3-10H,1-2H2/t9?,10?,11-,12-;6?,7-,8+,9?,10?;7?,8?,9-,10-;7-,8?,9?,10+;2?,3-,4+,5?,6?;3-,4?,5?,6+/m111010/s1. The van der Waals surface area contributed by atoms with Crippen LogP contribution >= 0.6 is 0 Å². The zero-order valence-electron chi connectivity index (χ0n) is 60.9. The molecule has 26 atom stereocenters. The van der Waals surface area contributed by atoms with Crippen LogP contribution in [0.4, 0.5) is 0 Å². The average Bonchev–Trinajstić information content (AvgIpc) is 1.55. The van der Waals surface area contributed by atoms with Crippen LogP contribution in [0.15, 0.2) is 0 Å². The number of ether oxygens (including phenoxy) is 18. The van der Waals surface area contributed by atoms with Gasteiger partial charge in [-0.05, 0) is 83.1 Å². The van der Waals surface area contributed by atoms with Crippen molar-refractivity contribution in [2.45, 2.75) is 324 Å². The van der Waals surface area contributed by atoms with E-state index in [1.54, 1.807) is 55.4 Å². The van der Waals surface area contributed by atoms with E-state index in [4.69, 9.17) is 130 Å². The molecule has 0 spiro atoms. The Morgan fingerprint density at radius 2 is 0.824 bits per heavy atom. The quantitative estimate of drug-likeness (QED) is 0.0753. The fraction of sp³-hybridized carbons (Fsp3) is 1.00. The molecule has 12 heterocycles. The van der Waals surface area contributed by atoms with E-state index in [1.165, 1.54) is 0 Å². The van der Waals surface area contributed by atoms with Gasteiger partial charge in [0.1, 0.15) is 97.7 Å². The molecule has 0 aliphatic carbocycles. The summed E-state index contributed by atoms with van der Waals surface area (Å²) < 4.78 is 158. The molecule has 0 amide bonds. The number of rotatable bonds is 10. The summed E-state index contributed by atoms with van der Waals surface area (Å²) >= 11 is 0.554. The van der Waals surface area contributed by atoms with Crippen LogP contribution in [0.25, 0.3) is 0 Å². The van der Waals surface area contributed by atoms with Gasteiger partial charge in [0.25, 0.3) is 20.2 Å². The summed E-state index contributed by atoms with van der Waals surface area (Å²) in [5.41, 5.74) is 0. The molecular formula is C62H112O36S2Se2. The Bertz CT molecular complexity index is 2860. The third-order valence-corrected chi connectivity index (χ3v) is 24.2. The molecule has 36 nitrogen and oxygen atoms in total. The molecule has 12 aliphatic rings. The van der Waals surface area contributed by atoms with Gasteiger partial charge in [0.05, 0.1) is 52.2 Å². The van der Waals surface area contributed by atoms with Crippen LogP contribution in [-0.2, 0) is 114 Å². The van der Waals surface area contributed by atoms with Crippen LogP contribution in [0.2, 0.25) is 20.3 Å². The monoisotopic (exact) mass is 1660 g/mol. The zero-order valence-corrected chi connectivity index (χ0v) is 65.9. The van der Waals surface area contributed by atoms with E-state index < -0.39 is 183 Å². The van der Waals surface area contributed by atoms with Gasteiger partial charge in [-0.25, -0.2) is 0 Å². The van der Waals surface area contributed by atoms with Crippen molar-refractivity contribution in [3.8, 4) is 0 Å². The average molecular weight is 1660 g/mol. The second-order valence-electron chi connectivity index (χ2n) is 30.0. The van der Waals surface area contributed by atoms with E-state index in [1.807, 2.05) is 55.4 Å². The Morgan fingerprint density at radius 3 is 1.39 bits per heavy atom. The second-order valence-corrected chi connectivity index (χ2v) is 38.6. The van der Waals surface area contributed by atoms with E-state index in [0.717, 1.165) is 24.4 Å². The van der Waals surface area contributed by atoms with Gasteiger partial charge in [0.2, 0.25) is 0 Å². The molecule has 0 saturated carbocycles. The predicted octanol–water partition coefficient (Wildman–Crippen LogP) is -3.29. The Labute approximate surface area is 608 Å². The van der Waals surface area contributed by atoms with Crippen LogP contribution in [0, 0.1) is 0 Å². The normalized spacial score (nSPS) is 43.8. The van der Waals surface area contributed by atoms with E-state index >= 15 is 0 Å². The van der Waals surface area contributed by atoms with E-state index in [-0.39, 0.29) is 89.4 Å². The first-order valence-electron chi connectivity index (χ1n) is 33.6. The van der Waals surface area contributed by atoms with E-state index in [0.29, 0.717) is 31.7 Å². The molecular weight excluding hydrogens is 1540 g/mol. The Kier molecular flexibility index (Phi) is 30.3. The van der Waals surface area contributed by atoms with Crippen molar-refractivity contribution < 1.29 is 172 Å². The Hall–Kier alpha value is -0.341. The maximum absolute atomic E-state index is 11.6. The number of aliphatic hydroxyl groups excluding tert-OH is 12. The van der Waals surface area contributed by atoms with Gasteiger partial charge in [0.15, 0.2) is 47.3 Å². The molecule has 0 aromatic carbocycles. The van der Waals surface area contributed by atoms with Gasteiger partial charge in [-0.15, -0.1) is 0 Å². The number of aliphatic hydroxyl groups is 12. The Morgan fingerprint density at radius 1 is 0.363 bits per heavy atom. The molecule has 0 aromatic heterocycles. The summed E-state index contributed by atoms with van der Waals surface area (Å²) in [7, 11) is -7.49. The fourth-order valence-electron chi connectivity index (χ4n) is 12.8. The van der Waals surface area contributed by atoms with Crippen molar-refractivity contribution in [2.75, 3.05) is 65.4 Å². The van der Waals surface area contributed by atoms with Crippen molar-refractivity contribution in [3.63, 3.8) is 0 Å². The van der Waals surface area contributed by atoms with Crippen LogP contribution in [-0.4, -0.2) is 367 Å². The summed E-state index contributed by atoms with van der Waals surface area (Å²) in [5.74, 6) is -5.99. The fourth-order valence-corrected chi connectivity index (χ4v) is 18.8. The second kappa shape index (κ2) is 34.7. The summed E-state index contributed by atoms with van der Waals surface area (Å²) in [6.45, 7) is 29.2. The molecule has 12 fully saturated rings. The molecule has 12 saturated heterocycles. The zero-order chi connectivity index (χ0) is 76.6. The first-order valence-corrected chi connectivity index (χ1v) is 41.6. The third-order valence-electron chi connectivity index (χ3n) is 17.3. The minimum atomic E-state index is -3.79. The van der Waals surface area contributed by atoms with Crippen LogP contribution in [0.5, 0.6) is 0 Å². The van der Waals surface area contributed by atoms with E-state index in [2.05, 4.69) is 4.74 Å². The van der Waals surface area contributed by atoms with Crippen molar-refractivity contribution >= 4 is 50.1 Å². The third kappa shape index (κ3) is 24.6. The molecule has 0 radical (unpaired) electrons.